The third-order valence-electron chi connectivity index (χ3n) is 4.13. The fourth-order valence-corrected chi connectivity index (χ4v) is 4.43. The van der Waals surface area contributed by atoms with E-state index in [0.717, 1.165) is 6.42 Å². The van der Waals surface area contributed by atoms with Crippen LogP contribution in [0.25, 0.3) is 0 Å². The highest BCUT2D eigenvalue weighted by molar-refractivity contribution is 7.92. The number of anilines is 2. The number of H-pyrrole nitrogens is 1. The molecule has 0 unspecified atom stereocenters. The van der Waals surface area contributed by atoms with E-state index in [0.29, 0.717) is 41.5 Å². The Morgan fingerprint density at radius 2 is 2.08 bits per heavy atom. The number of methoxy groups -OCH3 is 1. The molecule has 25 heavy (non-hydrogen) atoms. The van der Waals surface area contributed by atoms with Gasteiger partial charge in [0, 0.05) is 19.0 Å². The fourth-order valence-electron chi connectivity index (χ4n) is 3.01. The molecule has 134 valence electrons. The van der Waals surface area contributed by atoms with E-state index in [1.807, 2.05) is 0 Å². The molecule has 1 aromatic heterocycles. The number of hydrogen-bond acceptors (Lipinski definition) is 5. The van der Waals surface area contributed by atoms with Gasteiger partial charge in [-0.3, -0.25) is 14.6 Å². The van der Waals surface area contributed by atoms with Crippen molar-refractivity contribution < 1.29 is 17.9 Å². The summed E-state index contributed by atoms with van der Waals surface area (Å²) in [5.41, 5.74) is 1.86. The first-order valence-electron chi connectivity index (χ1n) is 7.86. The molecule has 3 rings (SSSR count). The molecule has 0 aliphatic carbocycles. The van der Waals surface area contributed by atoms with Crippen molar-refractivity contribution in [2.45, 2.75) is 31.6 Å². The van der Waals surface area contributed by atoms with Crippen molar-refractivity contribution in [2.24, 2.45) is 0 Å². The molecule has 8 nitrogen and oxygen atoms in total. The second-order valence-electron chi connectivity index (χ2n) is 5.90. The van der Waals surface area contributed by atoms with Crippen LogP contribution in [0.1, 0.15) is 24.2 Å². The van der Waals surface area contributed by atoms with E-state index >= 15 is 0 Å². The summed E-state index contributed by atoms with van der Waals surface area (Å²) in [5.74, 6) is 0.479. The number of amides is 1. The normalized spacial score (nSPS) is 14.8. The molecule has 2 N–H and O–H groups in total. The van der Waals surface area contributed by atoms with Gasteiger partial charge in [0.2, 0.25) is 5.91 Å². The number of ether oxygens (including phenoxy) is 1. The summed E-state index contributed by atoms with van der Waals surface area (Å²) in [7, 11) is -2.29. The van der Waals surface area contributed by atoms with Crippen LogP contribution in [0.4, 0.5) is 11.4 Å². The number of hydrogen-bond donors (Lipinski definition) is 2. The van der Waals surface area contributed by atoms with Crippen LogP contribution in [0.15, 0.2) is 23.1 Å². The molecular formula is C16H20N4O4S. The summed E-state index contributed by atoms with van der Waals surface area (Å²) < 4.78 is 33.1. The highest BCUT2D eigenvalue weighted by atomic mass is 32.2. The van der Waals surface area contributed by atoms with Crippen molar-refractivity contribution in [2.75, 3.05) is 23.3 Å². The van der Waals surface area contributed by atoms with Gasteiger partial charge in [-0.05, 0) is 32.4 Å². The van der Waals surface area contributed by atoms with Crippen molar-refractivity contribution in [3.05, 3.63) is 29.6 Å². The average molecular weight is 364 g/mol. The molecule has 1 aliphatic rings. The first-order chi connectivity index (χ1) is 11.8. The lowest BCUT2D eigenvalue weighted by atomic mass is 10.2. The summed E-state index contributed by atoms with van der Waals surface area (Å²) in [6, 6.07) is 4.88. The number of benzene rings is 1. The summed E-state index contributed by atoms with van der Waals surface area (Å²) in [5, 5.41) is 6.58. The molecule has 0 atom stereocenters. The van der Waals surface area contributed by atoms with Crippen LogP contribution in [0.3, 0.4) is 0 Å². The number of aryl methyl sites for hydroxylation is 2. The molecule has 1 aliphatic heterocycles. The van der Waals surface area contributed by atoms with Gasteiger partial charge in [-0.25, -0.2) is 8.42 Å². The largest absolute Gasteiger partial charge is 0.494 e. The Morgan fingerprint density at radius 3 is 2.64 bits per heavy atom. The second-order valence-corrected chi connectivity index (χ2v) is 7.52. The highest BCUT2D eigenvalue weighted by Crippen LogP contribution is 2.34. The van der Waals surface area contributed by atoms with Crippen LogP contribution in [0.5, 0.6) is 5.75 Å². The number of carbonyl (C=O) groups excluding carboxylic acids is 1. The van der Waals surface area contributed by atoms with Crippen molar-refractivity contribution in [3.8, 4) is 5.75 Å². The van der Waals surface area contributed by atoms with Gasteiger partial charge in [0.25, 0.3) is 10.0 Å². The number of nitrogens with one attached hydrogen (secondary N) is 2. The lowest BCUT2D eigenvalue weighted by Gasteiger charge is -2.20. The van der Waals surface area contributed by atoms with Gasteiger partial charge in [0.15, 0.2) is 0 Å². The predicted molar refractivity (Wildman–Crippen MR) is 93.5 cm³/mol. The van der Waals surface area contributed by atoms with Crippen molar-refractivity contribution in [1.29, 1.82) is 0 Å². The predicted octanol–water partition coefficient (Wildman–Crippen LogP) is 1.96. The standard InChI is InChI=1S/C16H20N4O4S/c1-10-16(11(2)18-17-10)25(22,23)19-12-6-7-13(14(9-12)24-3)20-8-4-5-15(20)21/h6-7,9,19H,4-5,8H2,1-3H3,(H,17,18). The molecule has 1 saturated heterocycles. The fraction of sp³-hybridized carbons (Fsp3) is 0.375. The van der Waals surface area contributed by atoms with Crippen molar-refractivity contribution in [1.82, 2.24) is 10.2 Å². The lowest BCUT2D eigenvalue weighted by molar-refractivity contribution is -0.117. The van der Waals surface area contributed by atoms with Crippen LogP contribution in [-0.2, 0) is 14.8 Å². The Morgan fingerprint density at radius 1 is 1.32 bits per heavy atom. The van der Waals surface area contributed by atoms with Gasteiger partial charge >= 0.3 is 0 Å². The van der Waals surface area contributed by atoms with Crippen LogP contribution in [0, 0.1) is 13.8 Å². The minimum absolute atomic E-state index is 0.0382. The molecule has 0 radical (unpaired) electrons. The smallest absolute Gasteiger partial charge is 0.265 e. The molecule has 9 heteroatoms. The molecule has 0 spiro atoms. The first-order valence-corrected chi connectivity index (χ1v) is 9.34. The zero-order valence-corrected chi connectivity index (χ0v) is 15.1. The van der Waals surface area contributed by atoms with E-state index in [1.165, 1.54) is 7.11 Å². The Balaban J connectivity index is 1.92. The molecule has 2 heterocycles. The van der Waals surface area contributed by atoms with E-state index in [1.54, 1.807) is 36.9 Å². The van der Waals surface area contributed by atoms with Crippen molar-refractivity contribution in [3.63, 3.8) is 0 Å². The minimum Gasteiger partial charge on any atom is -0.494 e. The molecule has 1 aromatic carbocycles. The molecule has 1 fully saturated rings. The van der Waals surface area contributed by atoms with Gasteiger partial charge in [-0.2, -0.15) is 5.10 Å². The summed E-state index contributed by atoms with van der Waals surface area (Å²) in [4.78, 5) is 13.7. The third-order valence-corrected chi connectivity index (χ3v) is 5.77. The van der Waals surface area contributed by atoms with E-state index < -0.39 is 10.0 Å². The second kappa shape index (κ2) is 6.40. The van der Waals surface area contributed by atoms with Crippen LogP contribution in [-0.4, -0.2) is 38.2 Å². The highest BCUT2D eigenvalue weighted by Gasteiger charge is 2.26. The maximum atomic E-state index is 12.6. The zero-order chi connectivity index (χ0) is 18.2. The van der Waals surface area contributed by atoms with Crippen LogP contribution < -0.4 is 14.4 Å². The Bertz CT molecular complexity index is 901. The van der Waals surface area contributed by atoms with Gasteiger partial charge in [0.05, 0.1) is 29.9 Å². The first kappa shape index (κ1) is 17.3. The maximum absolute atomic E-state index is 12.6. The Kier molecular flexibility index (Phi) is 4.42. The van der Waals surface area contributed by atoms with Gasteiger partial charge in [0.1, 0.15) is 10.6 Å². The molecule has 0 saturated carbocycles. The van der Waals surface area contributed by atoms with E-state index in [-0.39, 0.29) is 10.8 Å². The quantitative estimate of drug-likeness (QED) is 0.844. The minimum atomic E-state index is -3.78. The third kappa shape index (κ3) is 3.19. The van der Waals surface area contributed by atoms with Gasteiger partial charge in [-0.15, -0.1) is 0 Å². The Labute approximate surface area is 146 Å². The number of aromatic nitrogens is 2. The topological polar surface area (TPSA) is 104 Å². The lowest BCUT2D eigenvalue weighted by Crippen LogP contribution is -2.24. The molecule has 1 amide bonds. The summed E-state index contributed by atoms with van der Waals surface area (Å²) in [6.45, 7) is 3.91. The van der Waals surface area contributed by atoms with Gasteiger partial charge in [-0.1, -0.05) is 0 Å². The van der Waals surface area contributed by atoms with Gasteiger partial charge < -0.3 is 9.64 Å². The van der Waals surface area contributed by atoms with E-state index in [2.05, 4.69) is 14.9 Å². The molecule has 2 aromatic rings. The summed E-state index contributed by atoms with van der Waals surface area (Å²) >= 11 is 0. The summed E-state index contributed by atoms with van der Waals surface area (Å²) in [6.07, 6.45) is 1.31. The van der Waals surface area contributed by atoms with Crippen LogP contribution in [0.2, 0.25) is 0 Å². The Hall–Kier alpha value is -2.55. The monoisotopic (exact) mass is 364 g/mol. The molecule has 0 bridgehead atoms. The van der Waals surface area contributed by atoms with Crippen LogP contribution >= 0.6 is 0 Å². The molecular weight excluding hydrogens is 344 g/mol. The SMILES string of the molecule is COc1cc(NS(=O)(=O)c2c(C)n[nH]c2C)ccc1N1CCCC1=O. The van der Waals surface area contributed by atoms with E-state index in [9.17, 15) is 13.2 Å². The number of rotatable bonds is 5. The average Bonchev–Trinajstić information content (AvgIpc) is 3.12. The number of aromatic amines is 1. The van der Waals surface area contributed by atoms with Crippen molar-refractivity contribution >= 4 is 27.3 Å². The number of nitrogens with zero attached hydrogens (tertiary/aromatic N) is 2. The number of sulfonamides is 1. The number of carbonyl (C=O) groups is 1. The zero-order valence-electron chi connectivity index (χ0n) is 14.3. The van der Waals surface area contributed by atoms with E-state index in [4.69, 9.17) is 4.74 Å². The maximum Gasteiger partial charge on any atom is 0.265 e.